The number of rotatable bonds is 4. The SMILES string of the molecule is COc1ccc(N(C)C2CCC(O)(CN)CC2)cc1. The molecule has 2 rings (SSSR count). The van der Waals surface area contributed by atoms with Gasteiger partial charge in [0.05, 0.1) is 12.7 Å². The third-order valence-corrected chi connectivity index (χ3v) is 4.29. The van der Waals surface area contributed by atoms with Crippen molar-refractivity contribution < 1.29 is 9.84 Å². The van der Waals surface area contributed by atoms with Crippen LogP contribution in [-0.2, 0) is 0 Å². The molecule has 0 saturated heterocycles. The monoisotopic (exact) mass is 264 g/mol. The van der Waals surface area contributed by atoms with Crippen molar-refractivity contribution in [3.8, 4) is 5.75 Å². The van der Waals surface area contributed by atoms with E-state index in [1.165, 1.54) is 5.69 Å². The third-order valence-electron chi connectivity index (χ3n) is 4.29. The van der Waals surface area contributed by atoms with E-state index in [9.17, 15) is 5.11 Å². The minimum Gasteiger partial charge on any atom is -0.497 e. The van der Waals surface area contributed by atoms with Crippen LogP contribution in [0, 0.1) is 0 Å². The van der Waals surface area contributed by atoms with Crippen LogP contribution < -0.4 is 15.4 Å². The van der Waals surface area contributed by atoms with Crippen LogP contribution in [-0.4, -0.2) is 37.5 Å². The second kappa shape index (κ2) is 5.80. The number of benzene rings is 1. The van der Waals surface area contributed by atoms with Gasteiger partial charge in [0.1, 0.15) is 5.75 Å². The molecule has 0 amide bonds. The van der Waals surface area contributed by atoms with E-state index >= 15 is 0 Å². The Morgan fingerprint density at radius 3 is 2.37 bits per heavy atom. The molecule has 1 aliphatic carbocycles. The maximum Gasteiger partial charge on any atom is 0.119 e. The number of hydrogen-bond acceptors (Lipinski definition) is 4. The van der Waals surface area contributed by atoms with Gasteiger partial charge in [-0.15, -0.1) is 0 Å². The molecule has 1 aliphatic rings. The van der Waals surface area contributed by atoms with Crippen LogP contribution in [0.25, 0.3) is 0 Å². The smallest absolute Gasteiger partial charge is 0.119 e. The molecule has 4 nitrogen and oxygen atoms in total. The number of aliphatic hydroxyl groups is 1. The topological polar surface area (TPSA) is 58.7 Å². The Kier molecular flexibility index (Phi) is 4.32. The standard InChI is InChI=1S/C15H24N2O2/c1-17(12-3-5-14(19-2)6-4-12)13-7-9-15(18,11-16)10-8-13/h3-6,13,18H,7-11,16H2,1-2H3. The molecule has 0 radical (unpaired) electrons. The molecular formula is C15H24N2O2. The van der Waals surface area contributed by atoms with Crippen LogP contribution in [0.3, 0.4) is 0 Å². The molecule has 0 aliphatic heterocycles. The van der Waals surface area contributed by atoms with E-state index in [2.05, 4.69) is 24.1 Å². The van der Waals surface area contributed by atoms with Crippen molar-refractivity contribution in [3.63, 3.8) is 0 Å². The van der Waals surface area contributed by atoms with Crippen molar-refractivity contribution in [2.75, 3.05) is 25.6 Å². The Hall–Kier alpha value is -1.26. The van der Waals surface area contributed by atoms with Crippen LogP contribution in [0.15, 0.2) is 24.3 Å². The molecule has 1 saturated carbocycles. The molecule has 0 atom stereocenters. The molecule has 1 aromatic rings. The van der Waals surface area contributed by atoms with Crippen molar-refractivity contribution in [1.29, 1.82) is 0 Å². The first-order valence-electron chi connectivity index (χ1n) is 6.87. The van der Waals surface area contributed by atoms with E-state index in [1.54, 1.807) is 7.11 Å². The van der Waals surface area contributed by atoms with Crippen molar-refractivity contribution in [1.82, 2.24) is 0 Å². The first-order chi connectivity index (χ1) is 9.08. The zero-order chi connectivity index (χ0) is 13.9. The van der Waals surface area contributed by atoms with Gasteiger partial charge in [-0.1, -0.05) is 0 Å². The predicted molar refractivity (Wildman–Crippen MR) is 77.7 cm³/mol. The molecule has 0 unspecified atom stereocenters. The number of ether oxygens (including phenoxy) is 1. The molecule has 3 N–H and O–H groups in total. The van der Waals surface area contributed by atoms with Gasteiger partial charge in [0.25, 0.3) is 0 Å². The molecule has 0 spiro atoms. The quantitative estimate of drug-likeness (QED) is 0.870. The largest absolute Gasteiger partial charge is 0.497 e. The van der Waals surface area contributed by atoms with Gasteiger partial charge in [0.2, 0.25) is 0 Å². The van der Waals surface area contributed by atoms with Gasteiger partial charge in [0.15, 0.2) is 0 Å². The van der Waals surface area contributed by atoms with Gasteiger partial charge in [-0.05, 0) is 49.9 Å². The normalized spacial score (nSPS) is 27.1. The Morgan fingerprint density at radius 1 is 1.32 bits per heavy atom. The van der Waals surface area contributed by atoms with E-state index in [-0.39, 0.29) is 0 Å². The maximum absolute atomic E-state index is 10.2. The van der Waals surface area contributed by atoms with Gasteiger partial charge in [-0.3, -0.25) is 0 Å². The Labute approximate surface area is 115 Å². The van der Waals surface area contributed by atoms with Crippen LogP contribution in [0.2, 0.25) is 0 Å². The molecular weight excluding hydrogens is 240 g/mol. The minimum absolute atomic E-state index is 0.367. The summed E-state index contributed by atoms with van der Waals surface area (Å²) in [7, 11) is 3.78. The summed E-state index contributed by atoms with van der Waals surface area (Å²) in [6.45, 7) is 0.367. The highest BCUT2D eigenvalue weighted by molar-refractivity contribution is 5.49. The third kappa shape index (κ3) is 3.19. The van der Waals surface area contributed by atoms with E-state index < -0.39 is 5.60 Å². The summed E-state index contributed by atoms with van der Waals surface area (Å²) in [6.07, 6.45) is 3.54. The number of hydrogen-bond donors (Lipinski definition) is 2. The highest BCUT2D eigenvalue weighted by atomic mass is 16.5. The number of nitrogens with two attached hydrogens (primary N) is 1. The summed E-state index contributed by atoms with van der Waals surface area (Å²) in [6, 6.07) is 8.57. The Bertz CT molecular complexity index is 397. The summed E-state index contributed by atoms with van der Waals surface area (Å²) in [4.78, 5) is 2.29. The summed E-state index contributed by atoms with van der Waals surface area (Å²) in [5.41, 5.74) is 6.17. The number of nitrogens with zero attached hydrogens (tertiary/aromatic N) is 1. The van der Waals surface area contributed by atoms with Crippen molar-refractivity contribution in [3.05, 3.63) is 24.3 Å². The lowest BCUT2D eigenvalue weighted by molar-refractivity contribution is 0.00800. The Morgan fingerprint density at radius 2 is 1.89 bits per heavy atom. The van der Waals surface area contributed by atoms with Gasteiger partial charge >= 0.3 is 0 Å². The average molecular weight is 264 g/mol. The molecule has 0 bridgehead atoms. The second-order valence-electron chi connectivity index (χ2n) is 5.47. The van der Waals surface area contributed by atoms with E-state index in [0.717, 1.165) is 31.4 Å². The molecule has 0 aromatic heterocycles. The van der Waals surface area contributed by atoms with Crippen molar-refractivity contribution in [2.24, 2.45) is 5.73 Å². The van der Waals surface area contributed by atoms with E-state index in [4.69, 9.17) is 10.5 Å². The summed E-state index contributed by atoms with van der Waals surface area (Å²) in [5, 5.41) is 10.2. The van der Waals surface area contributed by atoms with Crippen molar-refractivity contribution in [2.45, 2.75) is 37.3 Å². The predicted octanol–water partition coefficient (Wildman–Crippen LogP) is 1.76. The average Bonchev–Trinajstić information content (AvgIpc) is 2.47. The zero-order valence-electron chi connectivity index (χ0n) is 11.8. The number of anilines is 1. The fourth-order valence-corrected chi connectivity index (χ4v) is 2.76. The lowest BCUT2D eigenvalue weighted by atomic mass is 9.81. The number of methoxy groups -OCH3 is 1. The lowest BCUT2D eigenvalue weighted by Crippen LogP contribution is -2.46. The van der Waals surface area contributed by atoms with Gasteiger partial charge in [0, 0.05) is 25.3 Å². The van der Waals surface area contributed by atoms with E-state index in [1.807, 2.05) is 12.1 Å². The van der Waals surface area contributed by atoms with Gasteiger partial charge in [-0.2, -0.15) is 0 Å². The van der Waals surface area contributed by atoms with Crippen LogP contribution in [0.1, 0.15) is 25.7 Å². The minimum atomic E-state index is -0.642. The first kappa shape index (κ1) is 14.2. The van der Waals surface area contributed by atoms with Crippen LogP contribution >= 0.6 is 0 Å². The fraction of sp³-hybridized carbons (Fsp3) is 0.600. The molecule has 4 heteroatoms. The fourth-order valence-electron chi connectivity index (χ4n) is 2.76. The molecule has 0 heterocycles. The molecule has 1 fully saturated rings. The van der Waals surface area contributed by atoms with Crippen molar-refractivity contribution >= 4 is 5.69 Å². The van der Waals surface area contributed by atoms with Crippen LogP contribution in [0.5, 0.6) is 5.75 Å². The summed E-state index contributed by atoms with van der Waals surface area (Å²) in [5.74, 6) is 0.873. The zero-order valence-corrected chi connectivity index (χ0v) is 11.8. The maximum atomic E-state index is 10.2. The molecule has 19 heavy (non-hydrogen) atoms. The highest BCUT2D eigenvalue weighted by Crippen LogP contribution is 2.32. The lowest BCUT2D eigenvalue weighted by Gasteiger charge is -2.39. The second-order valence-corrected chi connectivity index (χ2v) is 5.47. The molecule has 106 valence electrons. The summed E-state index contributed by atoms with van der Waals surface area (Å²) >= 11 is 0. The molecule has 1 aromatic carbocycles. The summed E-state index contributed by atoms with van der Waals surface area (Å²) < 4.78 is 5.17. The van der Waals surface area contributed by atoms with E-state index in [0.29, 0.717) is 12.6 Å². The Balaban J connectivity index is 1.98. The van der Waals surface area contributed by atoms with Crippen LogP contribution in [0.4, 0.5) is 5.69 Å². The van der Waals surface area contributed by atoms with Gasteiger partial charge < -0.3 is 20.5 Å². The van der Waals surface area contributed by atoms with Gasteiger partial charge in [-0.25, -0.2) is 0 Å². The first-order valence-corrected chi connectivity index (χ1v) is 6.87. The highest BCUT2D eigenvalue weighted by Gasteiger charge is 2.33.